The van der Waals surface area contributed by atoms with Gasteiger partial charge in [0.25, 0.3) is 0 Å². The Balaban J connectivity index is 2.18. The fraction of sp³-hybridized carbons (Fsp3) is 0.0714. The number of nitriles is 1. The van der Waals surface area contributed by atoms with Crippen molar-refractivity contribution in [1.29, 1.82) is 5.26 Å². The highest BCUT2D eigenvalue weighted by molar-refractivity contribution is 5.86. The summed E-state index contributed by atoms with van der Waals surface area (Å²) in [6, 6.07) is 11.0. The number of hydrogen-bond acceptors (Lipinski definition) is 3. The van der Waals surface area contributed by atoms with Crippen molar-refractivity contribution >= 4 is 12.0 Å². The summed E-state index contributed by atoms with van der Waals surface area (Å²) in [5.41, 5.74) is 2.46. The lowest BCUT2D eigenvalue weighted by Crippen LogP contribution is -1.95. The normalized spacial score (nSPS) is 10.5. The number of nitrogens with zero attached hydrogens (tertiary/aromatic N) is 2. The molecule has 1 aromatic heterocycles. The van der Waals surface area contributed by atoms with E-state index in [0.717, 1.165) is 11.1 Å². The Bertz CT molecular complexity index is 648. The molecular formula is C14H11N3O2. The van der Waals surface area contributed by atoms with Gasteiger partial charge in [0.1, 0.15) is 5.69 Å². The molecule has 0 saturated carbocycles. The number of nitrogens with one attached hydrogen (secondary N) is 1. The molecule has 2 aromatic rings. The summed E-state index contributed by atoms with van der Waals surface area (Å²) >= 11 is 0. The van der Waals surface area contributed by atoms with Crippen LogP contribution >= 0.6 is 0 Å². The van der Waals surface area contributed by atoms with E-state index in [-0.39, 0.29) is 5.69 Å². The molecule has 0 atom stereocenters. The van der Waals surface area contributed by atoms with E-state index >= 15 is 0 Å². The third kappa shape index (κ3) is 3.07. The SMILES string of the molecule is N#CCC=Cc1ccc(-c2cc(C(=O)O)[nH]n2)cc1. The predicted molar refractivity (Wildman–Crippen MR) is 70.2 cm³/mol. The van der Waals surface area contributed by atoms with E-state index in [2.05, 4.69) is 10.2 Å². The van der Waals surface area contributed by atoms with E-state index in [0.29, 0.717) is 12.1 Å². The standard InChI is InChI=1S/C14H11N3O2/c15-8-2-1-3-10-4-6-11(7-5-10)12-9-13(14(18)19)17-16-12/h1,3-7,9H,2H2,(H,16,17)(H,18,19). The van der Waals surface area contributed by atoms with Crippen LogP contribution in [-0.2, 0) is 0 Å². The Kier molecular flexibility index (Phi) is 3.74. The molecule has 0 saturated heterocycles. The lowest BCUT2D eigenvalue weighted by atomic mass is 10.1. The molecule has 94 valence electrons. The third-order valence-corrected chi connectivity index (χ3v) is 2.53. The van der Waals surface area contributed by atoms with Crippen LogP contribution < -0.4 is 0 Å². The van der Waals surface area contributed by atoms with E-state index in [1.54, 1.807) is 6.08 Å². The Hall–Kier alpha value is -2.87. The maximum Gasteiger partial charge on any atom is 0.353 e. The maximum absolute atomic E-state index is 10.7. The average Bonchev–Trinajstić information content (AvgIpc) is 2.90. The molecule has 1 heterocycles. The summed E-state index contributed by atoms with van der Waals surface area (Å²) in [7, 11) is 0. The van der Waals surface area contributed by atoms with E-state index < -0.39 is 5.97 Å². The van der Waals surface area contributed by atoms with Gasteiger partial charge in [-0.1, -0.05) is 36.4 Å². The minimum atomic E-state index is -1.03. The molecule has 1 aromatic carbocycles. The van der Waals surface area contributed by atoms with Gasteiger partial charge in [-0.05, 0) is 11.6 Å². The van der Waals surface area contributed by atoms with Gasteiger partial charge in [-0.3, -0.25) is 5.10 Å². The largest absolute Gasteiger partial charge is 0.477 e. The summed E-state index contributed by atoms with van der Waals surface area (Å²) in [4.78, 5) is 10.7. The van der Waals surface area contributed by atoms with Gasteiger partial charge in [-0.15, -0.1) is 0 Å². The highest BCUT2D eigenvalue weighted by Gasteiger charge is 2.08. The number of H-pyrrole nitrogens is 1. The molecular weight excluding hydrogens is 242 g/mol. The number of carbonyl (C=O) groups is 1. The van der Waals surface area contributed by atoms with Crippen molar-refractivity contribution in [2.75, 3.05) is 0 Å². The minimum Gasteiger partial charge on any atom is -0.477 e. The quantitative estimate of drug-likeness (QED) is 0.876. The smallest absolute Gasteiger partial charge is 0.353 e. The highest BCUT2D eigenvalue weighted by atomic mass is 16.4. The van der Waals surface area contributed by atoms with Gasteiger partial charge in [-0.2, -0.15) is 10.4 Å². The number of aromatic carboxylic acids is 1. The molecule has 5 nitrogen and oxygen atoms in total. The van der Waals surface area contributed by atoms with Crippen molar-refractivity contribution in [3.8, 4) is 17.3 Å². The molecule has 0 spiro atoms. The molecule has 19 heavy (non-hydrogen) atoms. The van der Waals surface area contributed by atoms with Crippen LogP contribution in [0.25, 0.3) is 17.3 Å². The summed E-state index contributed by atoms with van der Waals surface area (Å²) in [6.07, 6.45) is 4.02. The van der Waals surface area contributed by atoms with Crippen molar-refractivity contribution in [2.45, 2.75) is 6.42 Å². The first kappa shape index (κ1) is 12.6. The van der Waals surface area contributed by atoms with Crippen LogP contribution in [0.3, 0.4) is 0 Å². The van der Waals surface area contributed by atoms with Crippen molar-refractivity contribution in [3.63, 3.8) is 0 Å². The molecule has 2 N–H and O–H groups in total. The Labute approximate surface area is 109 Å². The number of rotatable bonds is 4. The number of allylic oxidation sites excluding steroid dienone is 1. The monoisotopic (exact) mass is 253 g/mol. The van der Waals surface area contributed by atoms with Crippen LogP contribution in [0.15, 0.2) is 36.4 Å². The topological polar surface area (TPSA) is 89.8 Å². The fourth-order valence-corrected chi connectivity index (χ4v) is 1.59. The van der Waals surface area contributed by atoms with Crippen molar-refractivity contribution in [1.82, 2.24) is 10.2 Å². The second-order valence-corrected chi connectivity index (χ2v) is 3.86. The summed E-state index contributed by atoms with van der Waals surface area (Å²) in [5, 5.41) is 23.6. The van der Waals surface area contributed by atoms with Crippen LogP contribution in [-0.4, -0.2) is 21.3 Å². The molecule has 0 radical (unpaired) electrons. The summed E-state index contributed by atoms with van der Waals surface area (Å²) in [6.45, 7) is 0. The second-order valence-electron chi connectivity index (χ2n) is 3.86. The lowest BCUT2D eigenvalue weighted by Gasteiger charge is -1.97. The number of aromatic nitrogens is 2. The number of carboxylic acid groups (broad SMARTS) is 1. The zero-order valence-corrected chi connectivity index (χ0v) is 10.00. The Morgan fingerprint density at radius 2 is 2.16 bits per heavy atom. The molecule has 0 fully saturated rings. The number of carboxylic acids is 1. The molecule has 0 unspecified atom stereocenters. The van der Waals surface area contributed by atoms with Crippen LogP contribution in [0.5, 0.6) is 0 Å². The van der Waals surface area contributed by atoms with Gasteiger partial charge in [0.2, 0.25) is 0 Å². The van der Waals surface area contributed by atoms with E-state index in [1.807, 2.05) is 36.4 Å². The Morgan fingerprint density at radius 3 is 2.74 bits per heavy atom. The number of hydrogen-bond donors (Lipinski definition) is 2. The van der Waals surface area contributed by atoms with Gasteiger partial charge in [-0.25, -0.2) is 4.79 Å². The fourth-order valence-electron chi connectivity index (χ4n) is 1.59. The number of aromatic amines is 1. The van der Waals surface area contributed by atoms with E-state index in [1.165, 1.54) is 6.07 Å². The highest BCUT2D eigenvalue weighted by Crippen LogP contribution is 2.18. The van der Waals surface area contributed by atoms with Gasteiger partial charge in [0.05, 0.1) is 18.2 Å². The van der Waals surface area contributed by atoms with Gasteiger partial charge >= 0.3 is 5.97 Å². The molecule has 2 rings (SSSR count). The molecule has 0 amide bonds. The van der Waals surface area contributed by atoms with Crippen molar-refractivity contribution in [3.05, 3.63) is 47.7 Å². The molecule has 0 aliphatic rings. The summed E-state index contributed by atoms with van der Waals surface area (Å²) < 4.78 is 0. The predicted octanol–water partition coefficient (Wildman–Crippen LogP) is 2.70. The Morgan fingerprint density at radius 1 is 1.42 bits per heavy atom. The molecule has 0 bridgehead atoms. The first-order valence-corrected chi connectivity index (χ1v) is 5.63. The van der Waals surface area contributed by atoms with Gasteiger partial charge in [0.15, 0.2) is 0 Å². The van der Waals surface area contributed by atoms with Crippen LogP contribution in [0.2, 0.25) is 0 Å². The molecule has 0 aliphatic heterocycles. The van der Waals surface area contributed by atoms with Crippen LogP contribution in [0.4, 0.5) is 0 Å². The lowest BCUT2D eigenvalue weighted by molar-refractivity contribution is 0.0690. The molecule has 0 aliphatic carbocycles. The average molecular weight is 253 g/mol. The number of benzene rings is 1. The first-order valence-electron chi connectivity index (χ1n) is 5.63. The van der Waals surface area contributed by atoms with Gasteiger partial charge < -0.3 is 5.11 Å². The minimum absolute atomic E-state index is 0.0630. The van der Waals surface area contributed by atoms with E-state index in [9.17, 15) is 4.79 Å². The van der Waals surface area contributed by atoms with Crippen molar-refractivity contribution < 1.29 is 9.90 Å². The maximum atomic E-state index is 10.7. The van der Waals surface area contributed by atoms with Gasteiger partial charge in [0, 0.05) is 5.56 Å². The first-order chi connectivity index (χ1) is 9.20. The van der Waals surface area contributed by atoms with E-state index in [4.69, 9.17) is 10.4 Å². The van der Waals surface area contributed by atoms with Crippen LogP contribution in [0, 0.1) is 11.3 Å². The zero-order valence-electron chi connectivity index (χ0n) is 10.00. The van der Waals surface area contributed by atoms with Crippen molar-refractivity contribution in [2.24, 2.45) is 0 Å². The second kappa shape index (κ2) is 5.65. The van der Waals surface area contributed by atoms with Crippen LogP contribution in [0.1, 0.15) is 22.5 Å². The zero-order chi connectivity index (χ0) is 13.7. The molecule has 5 heteroatoms. The third-order valence-electron chi connectivity index (χ3n) is 2.53. The summed E-state index contributed by atoms with van der Waals surface area (Å²) in [5.74, 6) is -1.03.